The Labute approximate surface area is 131 Å². The van der Waals surface area contributed by atoms with E-state index in [9.17, 15) is 19.2 Å². The van der Waals surface area contributed by atoms with Crippen molar-refractivity contribution in [1.82, 2.24) is 20.4 Å². The topological polar surface area (TPSA) is 98.8 Å². The first kappa shape index (κ1) is 19.9. The maximum absolute atomic E-state index is 11.6. The fraction of sp³-hybridized carbons (Fsp3) is 0.714. The van der Waals surface area contributed by atoms with E-state index in [-0.39, 0.29) is 23.6 Å². The van der Waals surface area contributed by atoms with E-state index < -0.39 is 0 Å². The van der Waals surface area contributed by atoms with Crippen molar-refractivity contribution in [1.29, 1.82) is 0 Å². The van der Waals surface area contributed by atoms with Crippen LogP contribution >= 0.6 is 0 Å². The predicted octanol–water partition coefficient (Wildman–Crippen LogP) is -1.04. The number of hydrogen-bond acceptors (Lipinski definition) is 4. The smallest absolute Gasteiger partial charge is 0.219 e. The second kappa shape index (κ2) is 10.6. The molecule has 0 aromatic rings. The van der Waals surface area contributed by atoms with Crippen LogP contribution in [0.3, 0.4) is 0 Å². The van der Waals surface area contributed by atoms with Gasteiger partial charge in [0, 0.05) is 67.0 Å². The molecule has 8 nitrogen and oxygen atoms in total. The van der Waals surface area contributed by atoms with E-state index in [4.69, 9.17) is 0 Å². The van der Waals surface area contributed by atoms with Gasteiger partial charge in [0.15, 0.2) is 0 Å². The third kappa shape index (κ3) is 9.73. The molecular formula is C14H26N4O4. The Morgan fingerprint density at radius 2 is 0.955 bits per heavy atom. The summed E-state index contributed by atoms with van der Waals surface area (Å²) < 4.78 is 0. The molecule has 126 valence electrons. The second-order valence-electron chi connectivity index (χ2n) is 4.98. The van der Waals surface area contributed by atoms with Crippen LogP contribution in [0.5, 0.6) is 0 Å². The predicted molar refractivity (Wildman–Crippen MR) is 81.9 cm³/mol. The summed E-state index contributed by atoms with van der Waals surface area (Å²) in [5.41, 5.74) is 0. The Morgan fingerprint density at radius 3 is 1.18 bits per heavy atom. The Morgan fingerprint density at radius 1 is 0.636 bits per heavy atom. The monoisotopic (exact) mass is 314 g/mol. The molecular weight excluding hydrogens is 288 g/mol. The van der Waals surface area contributed by atoms with Gasteiger partial charge in [-0.15, -0.1) is 0 Å². The Kier molecular flexibility index (Phi) is 9.56. The number of hydrogen-bond donors (Lipinski definition) is 2. The Balaban J connectivity index is 4.31. The average Bonchev–Trinajstić information content (AvgIpc) is 2.38. The lowest BCUT2D eigenvalue weighted by atomic mass is 10.3. The zero-order valence-corrected chi connectivity index (χ0v) is 13.8. The summed E-state index contributed by atoms with van der Waals surface area (Å²) in [4.78, 5) is 47.9. The summed E-state index contributed by atoms with van der Waals surface area (Å²) in [6, 6.07) is 0. The molecule has 0 fully saturated rings. The van der Waals surface area contributed by atoms with Gasteiger partial charge in [0.1, 0.15) is 0 Å². The van der Waals surface area contributed by atoms with E-state index in [1.807, 2.05) is 0 Å². The highest BCUT2D eigenvalue weighted by Crippen LogP contribution is 1.94. The summed E-state index contributed by atoms with van der Waals surface area (Å²) in [5.74, 6) is -0.528. The number of rotatable bonds is 9. The molecule has 0 radical (unpaired) electrons. The molecule has 0 spiro atoms. The van der Waals surface area contributed by atoms with Gasteiger partial charge in [0.05, 0.1) is 0 Å². The minimum absolute atomic E-state index is 0.115. The first-order chi connectivity index (χ1) is 10.2. The van der Waals surface area contributed by atoms with Crippen LogP contribution in [0.15, 0.2) is 0 Å². The molecule has 0 aliphatic heterocycles. The molecule has 0 aromatic heterocycles. The van der Waals surface area contributed by atoms with Crippen molar-refractivity contribution in [2.24, 2.45) is 0 Å². The lowest BCUT2D eigenvalue weighted by Crippen LogP contribution is -2.44. The van der Waals surface area contributed by atoms with Crippen molar-refractivity contribution in [2.75, 3.05) is 39.3 Å². The standard InChI is InChI=1S/C14H26N4O4/c1-11(19)15-5-7-17(13(3)21)9-10-18(14(4)22)8-6-16-12(2)20/h5-10H2,1-4H3,(H,15,19)(H,16,20). The third-order valence-electron chi connectivity index (χ3n) is 3.04. The Bertz CT molecular complexity index is 374. The lowest BCUT2D eigenvalue weighted by molar-refractivity contribution is -0.133. The second-order valence-corrected chi connectivity index (χ2v) is 4.98. The molecule has 0 atom stereocenters. The van der Waals surface area contributed by atoms with Crippen molar-refractivity contribution >= 4 is 23.6 Å². The maximum Gasteiger partial charge on any atom is 0.219 e. The van der Waals surface area contributed by atoms with E-state index in [1.165, 1.54) is 27.7 Å². The molecule has 0 unspecified atom stereocenters. The number of carbonyl (C=O) groups is 4. The van der Waals surface area contributed by atoms with Crippen molar-refractivity contribution in [3.05, 3.63) is 0 Å². The van der Waals surface area contributed by atoms with Gasteiger partial charge < -0.3 is 20.4 Å². The van der Waals surface area contributed by atoms with E-state index in [1.54, 1.807) is 9.80 Å². The average molecular weight is 314 g/mol. The number of nitrogens with zero attached hydrogens (tertiary/aromatic N) is 2. The summed E-state index contributed by atoms with van der Waals surface area (Å²) in [6.45, 7) is 8.03. The largest absolute Gasteiger partial charge is 0.355 e. The summed E-state index contributed by atoms with van der Waals surface area (Å²) in [7, 11) is 0. The van der Waals surface area contributed by atoms with Gasteiger partial charge in [-0.1, -0.05) is 0 Å². The molecule has 0 aromatic carbocycles. The lowest BCUT2D eigenvalue weighted by Gasteiger charge is -2.26. The molecule has 0 bridgehead atoms. The van der Waals surface area contributed by atoms with Crippen LogP contribution in [-0.4, -0.2) is 72.7 Å². The van der Waals surface area contributed by atoms with Crippen LogP contribution in [0.4, 0.5) is 0 Å². The fourth-order valence-electron chi connectivity index (χ4n) is 1.83. The highest BCUT2D eigenvalue weighted by molar-refractivity contribution is 5.75. The van der Waals surface area contributed by atoms with Crippen LogP contribution in [0.25, 0.3) is 0 Å². The van der Waals surface area contributed by atoms with Gasteiger partial charge in [0.2, 0.25) is 23.6 Å². The first-order valence-electron chi connectivity index (χ1n) is 7.24. The molecule has 22 heavy (non-hydrogen) atoms. The summed E-state index contributed by atoms with van der Waals surface area (Å²) >= 11 is 0. The van der Waals surface area contributed by atoms with Gasteiger partial charge in [-0.2, -0.15) is 0 Å². The minimum Gasteiger partial charge on any atom is -0.355 e. The van der Waals surface area contributed by atoms with Gasteiger partial charge in [0.25, 0.3) is 0 Å². The molecule has 0 saturated heterocycles. The molecule has 0 aliphatic carbocycles. The van der Waals surface area contributed by atoms with Gasteiger partial charge in [-0.3, -0.25) is 19.2 Å². The van der Waals surface area contributed by atoms with E-state index in [2.05, 4.69) is 10.6 Å². The van der Waals surface area contributed by atoms with Gasteiger partial charge >= 0.3 is 0 Å². The summed E-state index contributed by atoms with van der Waals surface area (Å²) in [6.07, 6.45) is 0. The molecule has 0 aliphatic rings. The number of nitrogens with one attached hydrogen (secondary N) is 2. The van der Waals surface area contributed by atoms with Crippen LogP contribution < -0.4 is 10.6 Å². The van der Waals surface area contributed by atoms with Crippen LogP contribution in [0.2, 0.25) is 0 Å². The molecule has 2 N–H and O–H groups in total. The van der Waals surface area contributed by atoms with Crippen molar-refractivity contribution in [3.63, 3.8) is 0 Å². The van der Waals surface area contributed by atoms with Crippen LogP contribution in [0, 0.1) is 0 Å². The minimum atomic E-state index is -0.149. The maximum atomic E-state index is 11.6. The first-order valence-corrected chi connectivity index (χ1v) is 7.24. The van der Waals surface area contributed by atoms with Crippen LogP contribution in [-0.2, 0) is 19.2 Å². The molecule has 0 saturated carbocycles. The number of carbonyl (C=O) groups excluding carboxylic acids is 4. The number of amides is 4. The molecule has 0 heterocycles. The SMILES string of the molecule is CC(=O)NCCN(CCN(CCNC(C)=O)C(C)=O)C(C)=O. The summed E-state index contributed by atoms with van der Waals surface area (Å²) in [5, 5.41) is 5.25. The Hall–Kier alpha value is -2.12. The van der Waals surface area contributed by atoms with Crippen molar-refractivity contribution in [2.45, 2.75) is 27.7 Å². The van der Waals surface area contributed by atoms with Crippen molar-refractivity contribution in [3.8, 4) is 0 Å². The zero-order chi connectivity index (χ0) is 17.1. The highest BCUT2D eigenvalue weighted by Gasteiger charge is 2.13. The molecule has 8 heteroatoms. The normalized spacial score (nSPS) is 9.82. The van der Waals surface area contributed by atoms with Crippen LogP contribution in [0.1, 0.15) is 27.7 Å². The molecule has 0 rings (SSSR count). The van der Waals surface area contributed by atoms with E-state index >= 15 is 0 Å². The quantitative estimate of drug-likeness (QED) is 0.567. The third-order valence-corrected chi connectivity index (χ3v) is 3.04. The van der Waals surface area contributed by atoms with Gasteiger partial charge in [-0.25, -0.2) is 0 Å². The van der Waals surface area contributed by atoms with Gasteiger partial charge in [-0.05, 0) is 0 Å². The molecule has 4 amide bonds. The highest BCUT2D eigenvalue weighted by atomic mass is 16.2. The van der Waals surface area contributed by atoms with E-state index in [0.29, 0.717) is 39.3 Å². The van der Waals surface area contributed by atoms with Crippen molar-refractivity contribution < 1.29 is 19.2 Å². The van der Waals surface area contributed by atoms with E-state index in [0.717, 1.165) is 0 Å². The zero-order valence-electron chi connectivity index (χ0n) is 13.8. The fourth-order valence-corrected chi connectivity index (χ4v) is 1.83.